The Balaban J connectivity index is 2.47. The van der Waals surface area contributed by atoms with Crippen molar-refractivity contribution >= 4 is 0 Å². The van der Waals surface area contributed by atoms with Crippen LogP contribution in [0.4, 0.5) is 0 Å². The van der Waals surface area contributed by atoms with Crippen molar-refractivity contribution in [1.82, 2.24) is 5.32 Å². The predicted octanol–water partition coefficient (Wildman–Crippen LogP) is 3.28. The lowest BCUT2D eigenvalue weighted by molar-refractivity contribution is 0.0682. The largest absolute Gasteiger partial charge is 0.377 e. The molecule has 1 aliphatic carbocycles. The molecule has 0 saturated heterocycles. The number of allylic oxidation sites excluding steroid dienone is 1. The summed E-state index contributed by atoms with van der Waals surface area (Å²) >= 11 is 0. The van der Waals surface area contributed by atoms with E-state index in [1.807, 2.05) is 7.05 Å². The van der Waals surface area contributed by atoms with E-state index in [1.54, 1.807) is 5.57 Å². The van der Waals surface area contributed by atoms with Crippen LogP contribution in [0.25, 0.3) is 0 Å². The highest BCUT2D eigenvalue weighted by Gasteiger charge is 2.13. The summed E-state index contributed by atoms with van der Waals surface area (Å²) in [6, 6.07) is 0.417. The molecule has 1 unspecified atom stereocenters. The van der Waals surface area contributed by atoms with Crippen molar-refractivity contribution in [2.24, 2.45) is 0 Å². The van der Waals surface area contributed by atoms with E-state index < -0.39 is 0 Å². The molecule has 1 aliphatic rings. The predicted molar refractivity (Wildman–Crippen MR) is 69.7 cm³/mol. The zero-order chi connectivity index (χ0) is 11.8. The molecular formula is C14H27NO. The molecule has 0 aromatic rings. The van der Waals surface area contributed by atoms with E-state index in [0.29, 0.717) is 12.1 Å². The second-order valence-corrected chi connectivity index (χ2v) is 4.96. The maximum absolute atomic E-state index is 5.72. The van der Waals surface area contributed by atoms with E-state index in [1.165, 1.54) is 38.5 Å². The number of hydrogen-bond donors (Lipinski definition) is 1. The Kier molecular flexibility index (Phi) is 6.74. The third-order valence-corrected chi connectivity index (χ3v) is 3.22. The average Bonchev–Trinajstić information content (AvgIpc) is 2.20. The highest BCUT2D eigenvalue weighted by atomic mass is 16.5. The van der Waals surface area contributed by atoms with Gasteiger partial charge in [-0.1, -0.05) is 24.5 Å². The zero-order valence-electron chi connectivity index (χ0n) is 11.1. The normalized spacial score (nSPS) is 20.1. The topological polar surface area (TPSA) is 21.3 Å². The smallest absolute Gasteiger partial charge is 0.0661 e. The van der Waals surface area contributed by atoms with Gasteiger partial charge in [0.2, 0.25) is 0 Å². The minimum Gasteiger partial charge on any atom is -0.377 e. The summed E-state index contributed by atoms with van der Waals surface area (Å²) in [6.45, 7) is 5.00. The van der Waals surface area contributed by atoms with Gasteiger partial charge in [-0.05, 0) is 46.6 Å². The summed E-state index contributed by atoms with van der Waals surface area (Å²) in [5, 5.41) is 3.38. The molecule has 1 N–H and O–H groups in total. The molecule has 0 aromatic heterocycles. The number of hydrogen-bond acceptors (Lipinski definition) is 2. The molecule has 0 saturated carbocycles. The second-order valence-electron chi connectivity index (χ2n) is 4.96. The number of ether oxygens (including phenoxy) is 1. The summed E-state index contributed by atoms with van der Waals surface area (Å²) in [5.41, 5.74) is 1.56. The van der Waals surface area contributed by atoms with Crippen LogP contribution in [0.1, 0.15) is 52.4 Å². The maximum Gasteiger partial charge on any atom is 0.0661 e. The van der Waals surface area contributed by atoms with Crippen LogP contribution in [-0.4, -0.2) is 25.8 Å². The molecule has 0 radical (unpaired) electrons. The average molecular weight is 225 g/mol. The first kappa shape index (κ1) is 13.7. The van der Waals surface area contributed by atoms with Gasteiger partial charge in [0.05, 0.1) is 18.8 Å². The highest BCUT2D eigenvalue weighted by Crippen LogP contribution is 2.19. The molecule has 1 rings (SSSR count). The number of rotatable bonds is 5. The van der Waals surface area contributed by atoms with E-state index in [2.05, 4.69) is 25.2 Å². The lowest BCUT2D eigenvalue weighted by Gasteiger charge is -2.22. The Hall–Kier alpha value is -0.340. The molecule has 2 heteroatoms. The van der Waals surface area contributed by atoms with Gasteiger partial charge in [-0.25, -0.2) is 0 Å². The van der Waals surface area contributed by atoms with Gasteiger partial charge < -0.3 is 10.1 Å². The Morgan fingerprint density at radius 3 is 2.69 bits per heavy atom. The quantitative estimate of drug-likeness (QED) is 0.725. The molecule has 0 fully saturated rings. The molecular weight excluding hydrogens is 198 g/mol. The van der Waals surface area contributed by atoms with E-state index in [0.717, 1.165) is 6.61 Å². The number of likely N-dealkylation sites (N-methyl/N-ethyl adjacent to an activating group) is 1. The van der Waals surface area contributed by atoms with Gasteiger partial charge in [0.15, 0.2) is 0 Å². The minimum absolute atomic E-state index is 0.324. The van der Waals surface area contributed by atoms with Gasteiger partial charge in [-0.3, -0.25) is 0 Å². The molecule has 0 heterocycles. The van der Waals surface area contributed by atoms with Crippen molar-refractivity contribution in [3.63, 3.8) is 0 Å². The summed E-state index contributed by atoms with van der Waals surface area (Å²) in [6.07, 6.45) is 10.7. The van der Waals surface area contributed by atoms with Crippen molar-refractivity contribution in [2.75, 3.05) is 13.7 Å². The second kappa shape index (κ2) is 7.86. The van der Waals surface area contributed by atoms with Crippen LogP contribution in [0.3, 0.4) is 0 Å². The van der Waals surface area contributed by atoms with Crippen LogP contribution in [0.15, 0.2) is 11.6 Å². The first-order chi connectivity index (χ1) is 7.74. The van der Waals surface area contributed by atoms with Gasteiger partial charge in [-0.2, -0.15) is 0 Å². The summed E-state index contributed by atoms with van der Waals surface area (Å²) in [4.78, 5) is 0. The molecule has 0 aromatic carbocycles. The molecule has 0 bridgehead atoms. The lowest BCUT2D eigenvalue weighted by Crippen LogP contribution is -2.33. The lowest BCUT2D eigenvalue weighted by atomic mass is 9.95. The van der Waals surface area contributed by atoms with Crippen molar-refractivity contribution < 1.29 is 4.74 Å². The van der Waals surface area contributed by atoms with Crippen molar-refractivity contribution in [2.45, 2.75) is 64.5 Å². The molecule has 1 atom stereocenters. The first-order valence-electron chi connectivity index (χ1n) is 6.72. The van der Waals surface area contributed by atoms with E-state index in [4.69, 9.17) is 4.74 Å². The SMILES string of the molecule is CNC(COC(C)C)C1=CCCCCCC1. The van der Waals surface area contributed by atoms with Crippen LogP contribution in [-0.2, 0) is 4.74 Å². The van der Waals surface area contributed by atoms with Crippen LogP contribution in [0.2, 0.25) is 0 Å². The first-order valence-corrected chi connectivity index (χ1v) is 6.72. The van der Waals surface area contributed by atoms with Crippen LogP contribution < -0.4 is 5.32 Å². The van der Waals surface area contributed by atoms with Crippen LogP contribution in [0.5, 0.6) is 0 Å². The standard InChI is InChI=1S/C14H27NO/c1-12(2)16-11-14(15-3)13-9-7-5-4-6-8-10-13/h9,12,14-15H,4-8,10-11H2,1-3H3. The third-order valence-electron chi connectivity index (χ3n) is 3.22. The Morgan fingerprint density at radius 2 is 2.00 bits per heavy atom. The number of nitrogens with one attached hydrogen (secondary N) is 1. The fraction of sp³-hybridized carbons (Fsp3) is 0.857. The molecule has 0 aliphatic heterocycles. The van der Waals surface area contributed by atoms with Crippen LogP contribution in [0, 0.1) is 0 Å². The summed E-state index contributed by atoms with van der Waals surface area (Å²) in [5.74, 6) is 0. The van der Waals surface area contributed by atoms with Crippen molar-refractivity contribution in [1.29, 1.82) is 0 Å². The summed E-state index contributed by atoms with van der Waals surface area (Å²) in [7, 11) is 2.04. The minimum atomic E-state index is 0.324. The van der Waals surface area contributed by atoms with Gasteiger partial charge in [0.1, 0.15) is 0 Å². The molecule has 16 heavy (non-hydrogen) atoms. The van der Waals surface area contributed by atoms with Crippen LogP contribution >= 0.6 is 0 Å². The fourth-order valence-corrected chi connectivity index (χ4v) is 2.20. The summed E-state index contributed by atoms with van der Waals surface area (Å²) < 4.78 is 5.72. The Morgan fingerprint density at radius 1 is 1.25 bits per heavy atom. The Labute approximate surface area is 100 Å². The van der Waals surface area contributed by atoms with E-state index in [-0.39, 0.29) is 0 Å². The third kappa shape index (κ3) is 5.13. The van der Waals surface area contributed by atoms with E-state index >= 15 is 0 Å². The molecule has 0 spiro atoms. The molecule has 94 valence electrons. The molecule has 0 amide bonds. The van der Waals surface area contributed by atoms with Gasteiger partial charge >= 0.3 is 0 Å². The van der Waals surface area contributed by atoms with Gasteiger partial charge in [-0.15, -0.1) is 0 Å². The Bertz CT molecular complexity index is 211. The highest BCUT2D eigenvalue weighted by molar-refractivity contribution is 5.11. The zero-order valence-corrected chi connectivity index (χ0v) is 11.1. The van der Waals surface area contributed by atoms with Crippen molar-refractivity contribution in [3.8, 4) is 0 Å². The fourth-order valence-electron chi connectivity index (χ4n) is 2.20. The van der Waals surface area contributed by atoms with Gasteiger partial charge in [0, 0.05) is 0 Å². The monoisotopic (exact) mass is 225 g/mol. The maximum atomic E-state index is 5.72. The van der Waals surface area contributed by atoms with E-state index in [9.17, 15) is 0 Å². The van der Waals surface area contributed by atoms with Gasteiger partial charge in [0.25, 0.3) is 0 Å². The van der Waals surface area contributed by atoms with Crippen molar-refractivity contribution in [3.05, 3.63) is 11.6 Å². The molecule has 2 nitrogen and oxygen atoms in total.